The van der Waals surface area contributed by atoms with E-state index >= 15 is 0 Å². The minimum absolute atomic E-state index is 0.124. The molecule has 1 aliphatic heterocycles. The summed E-state index contributed by atoms with van der Waals surface area (Å²) in [5.41, 5.74) is -0.457. The first-order valence-corrected chi connectivity index (χ1v) is 8.13. The summed E-state index contributed by atoms with van der Waals surface area (Å²) >= 11 is 0. The monoisotopic (exact) mass is 351 g/mol. The van der Waals surface area contributed by atoms with Gasteiger partial charge in [0, 0.05) is 30.8 Å². The van der Waals surface area contributed by atoms with Crippen LogP contribution in [0.4, 0.5) is 24.8 Å². The molecular weight excluding hydrogens is 335 g/mol. The van der Waals surface area contributed by atoms with Crippen molar-refractivity contribution in [2.75, 3.05) is 5.32 Å². The van der Waals surface area contributed by atoms with E-state index in [1.54, 1.807) is 18.2 Å². The highest BCUT2D eigenvalue weighted by atomic mass is 19.4. The Morgan fingerprint density at radius 3 is 2.52 bits per heavy atom. The zero-order valence-electron chi connectivity index (χ0n) is 13.3. The van der Waals surface area contributed by atoms with Gasteiger partial charge < -0.3 is 14.8 Å². The maximum Gasteiger partial charge on any atom is 0.433 e. The van der Waals surface area contributed by atoms with Crippen molar-refractivity contribution in [1.82, 2.24) is 9.97 Å². The number of hydrogen-bond acceptors (Lipinski definition) is 5. The van der Waals surface area contributed by atoms with Crippen LogP contribution in [0.5, 0.6) is 11.5 Å². The lowest BCUT2D eigenvalue weighted by atomic mass is 9.94. The van der Waals surface area contributed by atoms with Crippen molar-refractivity contribution in [1.29, 1.82) is 0 Å². The van der Waals surface area contributed by atoms with Crippen LogP contribution in [0.2, 0.25) is 0 Å². The zero-order valence-corrected chi connectivity index (χ0v) is 13.3. The number of nitrogens with one attached hydrogen (secondary N) is 1. The molecule has 132 valence electrons. The Balaban J connectivity index is 1.54. The Hall–Kier alpha value is -2.51. The van der Waals surface area contributed by atoms with E-state index in [0.29, 0.717) is 17.2 Å². The molecule has 1 spiro atoms. The number of fused-ring (bicyclic) bond motifs is 1. The fraction of sp³-hybridized carbons (Fsp3) is 0.412. The quantitative estimate of drug-likeness (QED) is 0.852. The number of anilines is 2. The van der Waals surface area contributed by atoms with Crippen LogP contribution in [0, 0.1) is 0 Å². The molecule has 0 bridgehead atoms. The van der Waals surface area contributed by atoms with Gasteiger partial charge >= 0.3 is 6.18 Å². The van der Waals surface area contributed by atoms with Crippen molar-refractivity contribution >= 4 is 11.6 Å². The van der Waals surface area contributed by atoms with E-state index in [1.807, 2.05) is 0 Å². The van der Waals surface area contributed by atoms with Gasteiger partial charge in [0.1, 0.15) is 5.69 Å². The molecule has 0 saturated heterocycles. The van der Waals surface area contributed by atoms with Crippen molar-refractivity contribution in [3.05, 3.63) is 36.2 Å². The Morgan fingerprint density at radius 2 is 1.76 bits per heavy atom. The Kier molecular flexibility index (Phi) is 3.70. The molecule has 0 atom stereocenters. The van der Waals surface area contributed by atoms with Gasteiger partial charge in [0.05, 0.1) is 0 Å². The Labute approximate surface area is 142 Å². The van der Waals surface area contributed by atoms with Crippen molar-refractivity contribution in [2.24, 2.45) is 0 Å². The van der Waals surface area contributed by atoms with E-state index in [9.17, 15) is 13.2 Å². The van der Waals surface area contributed by atoms with Gasteiger partial charge in [-0.1, -0.05) is 6.42 Å². The third kappa shape index (κ3) is 3.20. The second kappa shape index (κ2) is 5.79. The molecule has 2 heterocycles. The lowest BCUT2D eigenvalue weighted by molar-refractivity contribution is -0.141. The molecule has 8 heteroatoms. The maximum absolute atomic E-state index is 12.7. The summed E-state index contributed by atoms with van der Waals surface area (Å²) in [4.78, 5) is 7.33. The average Bonchev–Trinajstić information content (AvgIpc) is 2.91. The van der Waals surface area contributed by atoms with E-state index in [1.165, 1.54) is 6.42 Å². The molecular formula is C17H16F3N3O2. The molecule has 1 saturated carbocycles. The Bertz CT molecular complexity index is 789. The van der Waals surface area contributed by atoms with Crippen LogP contribution in [0.1, 0.15) is 37.8 Å². The van der Waals surface area contributed by atoms with Crippen LogP contribution in [0.3, 0.4) is 0 Å². The number of alkyl halides is 3. The highest BCUT2D eigenvalue weighted by molar-refractivity contribution is 5.60. The van der Waals surface area contributed by atoms with Gasteiger partial charge in [-0.15, -0.1) is 0 Å². The summed E-state index contributed by atoms with van der Waals surface area (Å²) in [6.07, 6.45) is 1.50. The van der Waals surface area contributed by atoms with Crippen LogP contribution >= 0.6 is 0 Å². The summed E-state index contributed by atoms with van der Waals surface area (Å²) in [6, 6.07) is 5.97. The van der Waals surface area contributed by atoms with E-state index in [0.717, 1.165) is 37.9 Å². The van der Waals surface area contributed by atoms with E-state index < -0.39 is 17.7 Å². The van der Waals surface area contributed by atoms with Gasteiger partial charge in [-0.3, -0.25) is 0 Å². The third-order valence-corrected chi connectivity index (χ3v) is 4.35. The lowest BCUT2D eigenvalue weighted by Crippen LogP contribution is -2.40. The summed E-state index contributed by atoms with van der Waals surface area (Å²) in [7, 11) is 0. The number of aromatic nitrogens is 2. The highest BCUT2D eigenvalue weighted by Gasteiger charge is 2.42. The van der Waals surface area contributed by atoms with Crippen LogP contribution < -0.4 is 14.8 Å². The lowest BCUT2D eigenvalue weighted by Gasteiger charge is -2.31. The molecule has 1 fully saturated rings. The third-order valence-electron chi connectivity index (χ3n) is 4.35. The standard InChI is InChI=1S/C17H16F3N3O2/c18-17(19,20)14-6-9-21-15(23-14)22-11-4-5-12-13(10-11)25-16(24-12)7-2-1-3-8-16/h4-6,9-10H,1-3,7-8H2,(H,21,22,23). The normalized spacial score (nSPS) is 18.4. The molecule has 0 unspecified atom stereocenters. The largest absolute Gasteiger partial charge is 0.448 e. The van der Waals surface area contributed by atoms with Crippen molar-refractivity contribution < 1.29 is 22.6 Å². The summed E-state index contributed by atoms with van der Waals surface area (Å²) in [5.74, 6) is 0.517. The van der Waals surface area contributed by atoms with Crippen LogP contribution in [0.25, 0.3) is 0 Å². The zero-order chi connectivity index (χ0) is 17.5. The number of benzene rings is 1. The van der Waals surface area contributed by atoms with Crippen molar-refractivity contribution in [3.8, 4) is 11.5 Å². The first-order valence-electron chi connectivity index (χ1n) is 8.13. The van der Waals surface area contributed by atoms with Crippen LogP contribution in [-0.4, -0.2) is 15.8 Å². The average molecular weight is 351 g/mol. The highest BCUT2D eigenvalue weighted by Crippen LogP contribution is 2.46. The molecule has 0 radical (unpaired) electrons. The first-order chi connectivity index (χ1) is 11.9. The predicted octanol–water partition coefficient (Wildman–Crippen LogP) is 4.67. The molecule has 2 aromatic rings. The minimum atomic E-state index is -4.51. The van der Waals surface area contributed by atoms with Gasteiger partial charge in [-0.05, 0) is 31.0 Å². The number of rotatable bonds is 2. The fourth-order valence-electron chi connectivity index (χ4n) is 3.17. The van der Waals surface area contributed by atoms with Gasteiger partial charge in [0.2, 0.25) is 5.95 Å². The predicted molar refractivity (Wildman–Crippen MR) is 83.8 cm³/mol. The molecule has 1 N–H and O–H groups in total. The van der Waals surface area contributed by atoms with Gasteiger partial charge in [-0.2, -0.15) is 13.2 Å². The molecule has 1 aliphatic carbocycles. The summed E-state index contributed by atoms with van der Waals surface area (Å²) in [6.45, 7) is 0. The second-order valence-corrected chi connectivity index (χ2v) is 6.23. The minimum Gasteiger partial charge on any atom is -0.448 e. The van der Waals surface area contributed by atoms with Gasteiger partial charge in [0.25, 0.3) is 5.79 Å². The maximum atomic E-state index is 12.7. The van der Waals surface area contributed by atoms with Crippen LogP contribution in [-0.2, 0) is 6.18 Å². The number of hydrogen-bond donors (Lipinski definition) is 1. The van der Waals surface area contributed by atoms with Gasteiger partial charge in [-0.25, -0.2) is 9.97 Å². The number of nitrogens with zero attached hydrogens (tertiary/aromatic N) is 2. The van der Waals surface area contributed by atoms with Crippen molar-refractivity contribution in [3.63, 3.8) is 0 Å². The molecule has 25 heavy (non-hydrogen) atoms. The molecule has 5 nitrogen and oxygen atoms in total. The fourth-order valence-corrected chi connectivity index (χ4v) is 3.17. The second-order valence-electron chi connectivity index (χ2n) is 6.23. The first kappa shape index (κ1) is 16.0. The number of ether oxygens (including phenoxy) is 2. The van der Waals surface area contributed by atoms with E-state index in [2.05, 4.69) is 15.3 Å². The molecule has 1 aromatic carbocycles. The van der Waals surface area contributed by atoms with Crippen molar-refractivity contribution in [2.45, 2.75) is 44.1 Å². The topological polar surface area (TPSA) is 56.3 Å². The van der Waals surface area contributed by atoms with E-state index in [-0.39, 0.29) is 5.95 Å². The molecule has 4 rings (SSSR count). The smallest absolute Gasteiger partial charge is 0.433 e. The van der Waals surface area contributed by atoms with E-state index in [4.69, 9.17) is 9.47 Å². The molecule has 0 amide bonds. The van der Waals surface area contributed by atoms with Gasteiger partial charge in [0.15, 0.2) is 11.5 Å². The number of halogens is 3. The van der Waals surface area contributed by atoms with Crippen LogP contribution in [0.15, 0.2) is 30.5 Å². The summed E-state index contributed by atoms with van der Waals surface area (Å²) in [5, 5.41) is 2.78. The summed E-state index contributed by atoms with van der Waals surface area (Å²) < 4.78 is 50.2. The Morgan fingerprint density at radius 1 is 1.00 bits per heavy atom. The molecule has 2 aliphatic rings. The SMILES string of the molecule is FC(F)(F)c1ccnc(Nc2ccc3c(c2)OC2(CCCCC2)O3)n1. The molecule has 1 aromatic heterocycles.